The third-order valence-corrected chi connectivity index (χ3v) is 5.99. The second-order valence-corrected chi connectivity index (χ2v) is 8.45. The van der Waals surface area contributed by atoms with Gasteiger partial charge in [-0.1, -0.05) is 12.1 Å². The van der Waals surface area contributed by atoms with Gasteiger partial charge in [-0.25, -0.2) is 4.98 Å². The lowest BCUT2D eigenvalue weighted by molar-refractivity contribution is 0.296. The molecular weight excluding hydrogens is 372 g/mol. The van der Waals surface area contributed by atoms with Gasteiger partial charge < -0.3 is 9.47 Å². The maximum Gasteiger partial charge on any atom is 0.161 e. The van der Waals surface area contributed by atoms with Crippen LogP contribution in [0.25, 0.3) is 0 Å². The summed E-state index contributed by atoms with van der Waals surface area (Å²) in [5.41, 5.74) is 2.27. The summed E-state index contributed by atoms with van der Waals surface area (Å²) in [6, 6.07) is 9.91. The van der Waals surface area contributed by atoms with E-state index in [1.54, 1.807) is 18.4 Å². The molecule has 1 N–H and O–H groups in total. The van der Waals surface area contributed by atoms with Crippen molar-refractivity contribution in [2.75, 3.05) is 26.8 Å². The number of benzene rings is 1. The summed E-state index contributed by atoms with van der Waals surface area (Å²) in [7, 11) is 1.66. The number of aromatic nitrogens is 3. The van der Waals surface area contributed by atoms with Gasteiger partial charge in [0.15, 0.2) is 11.5 Å². The molecule has 2 aromatic heterocycles. The van der Waals surface area contributed by atoms with Crippen LogP contribution in [-0.4, -0.2) is 46.9 Å². The molecule has 4 rings (SSSR count). The van der Waals surface area contributed by atoms with Crippen LogP contribution in [0.1, 0.15) is 33.6 Å². The summed E-state index contributed by atoms with van der Waals surface area (Å²) in [5.74, 6) is 2.03. The monoisotopic (exact) mass is 398 g/mol. The molecular formula is C21H26N4O2S. The van der Waals surface area contributed by atoms with Crippen molar-refractivity contribution in [3.63, 3.8) is 0 Å². The molecule has 148 valence electrons. The van der Waals surface area contributed by atoms with Crippen LogP contribution < -0.4 is 9.47 Å². The number of hydrogen-bond acceptors (Lipinski definition) is 6. The molecule has 6 nitrogen and oxygen atoms in total. The van der Waals surface area contributed by atoms with Crippen LogP contribution in [-0.2, 0) is 13.0 Å². The predicted molar refractivity (Wildman–Crippen MR) is 110 cm³/mol. The molecule has 1 aliphatic rings. The minimum absolute atomic E-state index is 0.495. The van der Waals surface area contributed by atoms with E-state index in [4.69, 9.17) is 9.47 Å². The lowest BCUT2D eigenvalue weighted by Crippen LogP contribution is -2.19. The Labute approximate surface area is 169 Å². The van der Waals surface area contributed by atoms with Crippen LogP contribution in [0.2, 0.25) is 0 Å². The SMILES string of the molecule is COc1ccccc1OCCc1cc([C@@H]2CCN(Cc3cnc(C)s3)C2)n[nH]1. The Hall–Kier alpha value is -2.38. The molecule has 3 heterocycles. The highest BCUT2D eigenvalue weighted by molar-refractivity contribution is 7.11. The smallest absolute Gasteiger partial charge is 0.161 e. The van der Waals surface area contributed by atoms with Gasteiger partial charge in [0.05, 0.1) is 24.4 Å². The van der Waals surface area contributed by atoms with Crippen molar-refractivity contribution in [1.82, 2.24) is 20.1 Å². The Morgan fingerprint density at radius 2 is 2.14 bits per heavy atom. The molecule has 1 atom stereocenters. The Morgan fingerprint density at radius 3 is 2.93 bits per heavy atom. The largest absolute Gasteiger partial charge is 0.493 e. The number of nitrogens with one attached hydrogen (secondary N) is 1. The summed E-state index contributed by atoms with van der Waals surface area (Å²) >= 11 is 1.79. The molecule has 3 aromatic rings. The van der Waals surface area contributed by atoms with Gasteiger partial charge in [-0.05, 0) is 38.1 Å². The zero-order valence-corrected chi connectivity index (χ0v) is 17.2. The van der Waals surface area contributed by atoms with Gasteiger partial charge in [0.25, 0.3) is 0 Å². The predicted octanol–water partition coefficient (Wildman–Crippen LogP) is 3.79. The molecule has 0 unspecified atom stereocenters. The van der Waals surface area contributed by atoms with E-state index in [0.717, 1.165) is 60.4 Å². The zero-order chi connectivity index (χ0) is 19.3. The quantitative estimate of drug-likeness (QED) is 0.625. The van der Waals surface area contributed by atoms with Crippen molar-refractivity contribution < 1.29 is 9.47 Å². The van der Waals surface area contributed by atoms with Crippen molar-refractivity contribution in [1.29, 1.82) is 0 Å². The van der Waals surface area contributed by atoms with Crippen molar-refractivity contribution in [3.8, 4) is 11.5 Å². The highest BCUT2D eigenvalue weighted by Gasteiger charge is 2.26. The summed E-state index contributed by atoms with van der Waals surface area (Å²) in [5, 5.41) is 8.88. The minimum Gasteiger partial charge on any atom is -0.493 e. The fraction of sp³-hybridized carbons (Fsp3) is 0.429. The fourth-order valence-electron chi connectivity index (χ4n) is 3.64. The Balaban J connectivity index is 1.27. The number of rotatable bonds is 8. The number of para-hydroxylation sites is 2. The second-order valence-electron chi connectivity index (χ2n) is 7.13. The molecule has 1 aromatic carbocycles. The first-order valence-corrected chi connectivity index (χ1v) is 10.5. The van der Waals surface area contributed by atoms with Crippen molar-refractivity contribution in [2.24, 2.45) is 0 Å². The maximum atomic E-state index is 5.87. The lowest BCUT2D eigenvalue weighted by atomic mass is 10.0. The number of aromatic amines is 1. The molecule has 28 heavy (non-hydrogen) atoms. The first-order chi connectivity index (χ1) is 13.7. The minimum atomic E-state index is 0.495. The standard InChI is InChI=1S/C21H26N4O2S/c1-15-22-12-18(28-15)14-25-9-7-16(13-25)19-11-17(23-24-19)8-10-27-21-6-4-3-5-20(21)26-2/h3-6,11-12,16H,7-10,13-14H2,1-2H3,(H,23,24)/t16-/m1/s1. The first kappa shape index (κ1) is 19.0. The van der Waals surface area contributed by atoms with Crippen LogP contribution in [0.5, 0.6) is 11.5 Å². The molecule has 0 spiro atoms. The normalized spacial score (nSPS) is 17.1. The van der Waals surface area contributed by atoms with Gasteiger partial charge in [0.2, 0.25) is 0 Å². The van der Waals surface area contributed by atoms with E-state index in [2.05, 4.69) is 33.1 Å². The molecule has 0 saturated carbocycles. The van der Waals surface area contributed by atoms with Gasteiger partial charge in [0, 0.05) is 42.2 Å². The van der Waals surface area contributed by atoms with E-state index in [9.17, 15) is 0 Å². The highest BCUT2D eigenvalue weighted by Crippen LogP contribution is 2.29. The number of aryl methyl sites for hydroxylation is 1. The number of thiazole rings is 1. The van der Waals surface area contributed by atoms with Crippen molar-refractivity contribution >= 4 is 11.3 Å². The molecule has 0 radical (unpaired) electrons. The number of likely N-dealkylation sites (tertiary alicyclic amines) is 1. The maximum absolute atomic E-state index is 5.87. The van der Waals surface area contributed by atoms with E-state index in [-0.39, 0.29) is 0 Å². The third-order valence-electron chi connectivity index (χ3n) is 5.09. The van der Waals surface area contributed by atoms with Crippen LogP contribution in [0.4, 0.5) is 0 Å². The van der Waals surface area contributed by atoms with Gasteiger partial charge in [-0.2, -0.15) is 5.10 Å². The summed E-state index contributed by atoms with van der Waals surface area (Å²) in [6.07, 6.45) is 3.95. The average molecular weight is 399 g/mol. The third kappa shape index (κ3) is 4.54. The van der Waals surface area contributed by atoms with Crippen LogP contribution in [0.3, 0.4) is 0 Å². The molecule has 1 saturated heterocycles. The molecule has 1 fully saturated rings. The summed E-state index contributed by atoms with van der Waals surface area (Å²) in [6.45, 7) is 5.80. The number of hydrogen-bond donors (Lipinski definition) is 1. The molecule has 0 amide bonds. The van der Waals surface area contributed by atoms with Gasteiger partial charge >= 0.3 is 0 Å². The molecule has 0 bridgehead atoms. The zero-order valence-electron chi connectivity index (χ0n) is 16.4. The number of ether oxygens (including phenoxy) is 2. The Bertz CT molecular complexity index is 907. The van der Waals surface area contributed by atoms with Crippen molar-refractivity contribution in [3.05, 3.63) is 57.8 Å². The first-order valence-electron chi connectivity index (χ1n) is 9.65. The summed E-state index contributed by atoms with van der Waals surface area (Å²) in [4.78, 5) is 8.19. The molecule has 1 aliphatic heterocycles. The van der Waals surface area contributed by atoms with Crippen LogP contribution in [0, 0.1) is 6.92 Å². The second kappa shape index (κ2) is 8.75. The highest BCUT2D eigenvalue weighted by atomic mass is 32.1. The summed E-state index contributed by atoms with van der Waals surface area (Å²) < 4.78 is 11.2. The molecule has 0 aliphatic carbocycles. The average Bonchev–Trinajstić information content (AvgIpc) is 3.44. The lowest BCUT2D eigenvalue weighted by Gasteiger charge is -2.13. The number of H-pyrrole nitrogens is 1. The Kier molecular flexibility index (Phi) is 5.92. The van der Waals surface area contributed by atoms with Gasteiger partial charge in [-0.15, -0.1) is 11.3 Å². The van der Waals surface area contributed by atoms with E-state index < -0.39 is 0 Å². The van der Waals surface area contributed by atoms with E-state index >= 15 is 0 Å². The number of methoxy groups -OCH3 is 1. The fourth-order valence-corrected chi connectivity index (χ4v) is 4.48. The van der Waals surface area contributed by atoms with Crippen LogP contribution in [0.15, 0.2) is 36.5 Å². The molecule has 7 heteroatoms. The van der Waals surface area contributed by atoms with Gasteiger partial charge in [0.1, 0.15) is 0 Å². The van der Waals surface area contributed by atoms with Crippen molar-refractivity contribution in [2.45, 2.75) is 32.2 Å². The van der Waals surface area contributed by atoms with Gasteiger partial charge in [-0.3, -0.25) is 10.00 Å². The van der Waals surface area contributed by atoms with E-state index in [0.29, 0.717) is 12.5 Å². The van der Waals surface area contributed by atoms with E-state index in [1.807, 2.05) is 30.5 Å². The van der Waals surface area contributed by atoms with Crippen LogP contribution >= 0.6 is 11.3 Å². The Morgan fingerprint density at radius 1 is 1.29 bits per heavy atom. The topological polar surface area (TPSA) is 63.3 Å². The number of nitrogens with zero attached hydrogens (tertiary/aromatic N) is 3. The van der Waals surface area contributed by atoms with E-state index in [1.165, 1.54) is 4.88 Å².